The molecule has 2 rings (SSSR count). The monoisotopic (exact) mass is 178 g/mol. The Labute approximate surface area is 79.7 Å². The Hall–Kier alpha value is -0.760. The highest BCUT2D eigenvalue weighted by Crippen LogP contribution is 2.30. The molecule has 2 heteroatoms. The molecule has 72 valence electrons. The summed E-state index contributed by atoms with van der Waals surface area (Å²) in [5, 5.41) is 3.46. The summed E-state index contributed by atoms with van der Waals surface area (Å²) in [6, 6.07) is 4.32. The van der Waals surface area contributed by atoms with Gasteiger partial charge in [0.25, 0.3) is 0 Å². The van der Waals surface area contributed by atoms with Crippen LogP contribution in [0.25, 0.3) is 0 Å². The quantitative estimate of drug-likeness (QED) is 0.713. The van der Waals surface area contributed by atoms with Crippen molar-refractivity contribution in [2.24, 2.45) is 5.92 Å². The highest BCUT2D eigenvalue weighted by Gasteiger charge is 2.25. The van der Waals surface area contributed by atoms with Crippen LogP contribution in [0.5, 0.6) is 0 Å². The molecule has 1 fully saturated rings. The molecular weight excluding hydrogens is 160 g/mol. The van der Waals surface area contributed by atoms with Crippen LogP contribution in [0.2, 0.25) is 0 Å². The van der Waals surface area contributed by atoms with E-state index in [1.807, 2.05) is 6.20 Å². The summed E-state index contributed by atoms with van der Waals surface area (Å²) in [4.78, 5) is 3.34. The van der Waals surface area contributed by atoms with Crippen LogP contribution < -0.4 is 5.32 Å². The van der Waals surface area contributed by atoms with Crippen LogP contribution in [0, 0.1) is 5.92 Å². The molecule has 0 aromatic carbocycles. The van der Waals surface area contributed by atoms with E-state index in [1.54, 1.807) is 0 Å². The van der Waals surface area contributed by atoms with Crippen LogP contribution in [0.3, 0.4) is 0 Å². The fourth-order valence-corrected chi connectivity index (χ4v) is 2.34. The lowest BCUT2D eigenvalue weighted by atomic mass is 9.82. The van der Waals surface area contributed by atoms with Gasteiger partial charge in [-0.05, 0) is 37.6 Å². The van der Waals surface area contributed by atoms with Crippen molar-refractivity contribution in [2.45, 2.75) is 25.7 Å². The van der Waals surface area contributed by atoms with Gasteiger partial charge in [0, 0.05) is 17.8 Å². The summed E-state index contributed by atoms with van der Waals surface area (Å²) in [5.41, 5.74) is 1.42. The maximum atomic E-state index is 3.46. The van der Waals surface area contributed by atoms with Gasteiger partial charge in [0.15, 0.2) is 0 Å². The van der Waals surface area contributed by atoms with Crippen molar-refractivity contribution in [3.8, 4) is 0 Å². The summed E-state index contributed by atoms with van der Waals surface area (Å²) >= 11 is 0. The van der Waals surface area contributed by atoms with E-state index < -0.39 is 0 Å². The molecule has 2 atom stereocenters. The maximum Gasteiger partial charge on any atom is 0.0182 e. The lowest BCUT2D eigenvalue weighted by molar-refractivity contribution is 0.314. The van der Waals surface area contributed by atoms with Crippen molar-refractivity contribution in [1.82, 2.24) is 10.3 Å². The van der Waals surface area contributed by atoms with Gasteiger partial charge >= 0.3 is 0 Å². The van der Waals surface area contributed by atoms with Gasteiger partial charge in [0.05, 0.1) is 0 Å². The summed E-state index contributed by atoms with van der Waals surface area (Å²) < 4.78 is 0. The molecule has 0 amide bonds. The average Bonchev–Trinajstić information content (AvgIpc) is 2.70. The molecule has 1 aromatic rings. The van der Waals surface area contributed by atoms with Gasteiger partial charge in [-0.3, -0.25) is 0 Å². The topological polar surface area (TPSA) is 27.8 Å². The Bertz CT molecular complexity index is 241. The molecule has 2 nitrogen and oxygen atoms in total. The lowest BCUT2D eigenvalue weighted by Crippen LogP contribution is -2.35. The highest BCUT2D eigenvalue weighted by atomic mass is 14.9. The van der Waals surface area contributed by atoms with Crippen molar-refractivity contribution < 1.29 is 0 Å². The molecule has 1 saturated heterocycles. The molecule has 13 heavy (non-hydrogen) atoms. The first-order valence-corrected chi connectivity index (χ1v) is 5.25. The second-order valence-corrected chi connectivity index (χ2v) is 3.89. The number of aromatic amines is 1. The lowest BCUT2D eigenvalue weighted by Gasteiger charge is -2.30. The summed E-state index contributed by atoms with van der Waals surface area (Å²) in [6.07, 6.45) is 4.58. The van der Waals surface area contributed by atoms with Crippen molar-refractivity contribution in [2.75, 3.05) is 13.1 Å². The second-order valence-electron chi connectivity index (χ2n) is 3.89. The minimum Gasteiger partial charge on any atom is -0.365 e. The van der Waals surface area contributed by atoms with E-state index in [1.165, 1.54) is 31.6 Å². The zero-order valence-electron chi connectivity index (χ0n) is 8.22. The smallest absolute Gasteiger partial charge is 0.0182 e. The fourth-order valence-electron chi connectivity index (χ4n) is 2.34. The van der Waals surface area contributed by atoms with E-state index >= 15 is 0 Å². The van der Waals surface area contributed by atoms with E-state index in [0.717, 1.165) is 11.8 Å². The molecule has 0 aliphatic carbocycles. The number of hydrogen-bond acceptors (Lipinski definition) is 1. The Morgan fingerprint density at radius 1 is 1.54 bits per heavy atom. The van der Waals surface area contributed by atoms with E-state index in [0.29, 0.717) is 0 Å². The number of nitrogens with one attached hydrogen (secondary N) is 2. The van der Waals surface area contributed by atoms with Gasteiger partial charge in [-0.2, -0.15) is 0 Å². The number of H-pyrrole nitrogens is 1. The van der Waals surface area contributed by atoms with Gasteiger partial charge in [0.2, 0.25) is 0 Å². The first-order chi connectivity index (χ1) is 6.42. The first-order valence-electron chi connectivity index (χ1n) is 5.25. The van der Waals surface area contributed by atoms with Crippen LogP contribution in [-0.2, 0) is 0 Å². The standard InChI is InChI=1S/C11H18N2/c1-2-9-8-12-7-5-10(9)11-4-3-6-13-11/h3-4,6,9-10,12-13H,2,5,7-8H2,1H3. The van der Waals surface area contributed by atoms with Crippen LogP contribution >= 0.6 is 0 Å². The maximum absolute atomic E-state index is 3.46. The number of aromatic nitrogens is 1. The Balaban J connectivity index is 2.11. The van der Waals surface area contributed by atoms with E-state index in [4.69, 9.17) is 0 Å². The van der Waals surface area contributed by atoms with Crippen molar-refractivity contribution in [1.29, 1.82) is 0 Å². The third-order valence-corrected chi connectivity index (χ3v) is 3.15. The zero-order valence-corrected chi connectivity index (χ0v) is 8.22. The predicted octanol–water partition coefficient (Wildman–Crippen LogP) is 2.12. The second kappa shape index (κ2) is 3.97. The Morgan fingerprint density at radius 3 is 3.15 bits per heavy atom. The number of rotatable bonds is 2. The van der Waals surface area contributed by atoms with Crippen LogP contribution in [0.15, 0.2) is 18.3 Å². The highest BCUT2D eigenvalue weighted by molar-refractivity contribution is 5.12. The molecule has 2 unspecified atom stereocenters. The fraction of sp³-hybridized carbons (Fsp3) is 0.636. The van der Waals surface area contributed by atoms with Crippen molar-refractivity contribution in [3.63, 3.8) is 0 Å². The van der Waals surface area contributed by atoms with Crippen molar-refractivity contribution in [3.05, 3.63) is 24.0 Å². The van der Waals surface area contributed by atoms with Gasteiger partial charge in [0.1, 0.15) is 0 Å². The third-order valence-electron chi connectivity index (χ3n) is 3.15. The molecule has 1 aliphatic heterocycles. The summed E-state index contributed by atoms with van der Waals surface area (Å²) in [7, 11) is 0. The number of piperidine rings is 1. The average molecular weight is 178 g/mol. The zero-order chi connectivity index (χ0) is 9.10. The molecule has 1 aliphatic rings. The molecule has 2 heterocycles. The predicted molar refractivity (Wildman–Crippen MR) is 54.8 cm³/mol. The molecule has 0 spiro atoms. The van der Waals surface area contributed by atoms with Crippen LogP contribution in [0.4, 0.5) is 0 Å². The minimum atomic E-state index is 0.751. The largest absolute Gasteiger partial charge is 0.365 e. The molecule has 0 saturated carbocycles. The molecule has 2 N–H and O–H groups in total. The Morgan fingerprint density at radius 2 is 2.46 bits per heavy atom. The summed E-state index contributed by atoms with van der Waals surface area (Å²) in [6.45, 7) is 4.63. The van der Waals surface area contributed by atoms with Gasteiger partial charge in [-0.25, -0.2) is 0 Å². The minimum absolute atomic E-state index is 0.751. The van der Waals surface area contributed by atoms with E-state index in [9.17, 15) is 0 Å². The molecule has 0 radical (unpaired) electrons. The molecular formula is C11H18N2. The van der Waals surface area contributed by atoms with Crippen LogP contribution in [-0.4, -0.2) is 18.1 Å². The summed E-state index contributed by atoms with van der Waals surface area (Å²) in [5.74, 6) is 1.56. The third kappa shape index (κ3) is 1.78. The van der Waals surface area contributed by atoms with Crippen molar-refractivity contribution >= 4 is 0 Å². The molecule has 1 aromatic heterocycles. The van der Waals surface area contributed by atoms with E-state index in [-0.39, 0.29) is 0 Å². The first kappa shape index (κ1) is 8.82. The normalized spacial score (nSPS) is 29.0. The van der Waals surface area contributed by atoms with Gasteiger partial charge in [-0.15, -0.1) is 0 Å². The Kier molecular flexibility index (Phi) is 2.69. The SMILES string of the molecule is CCC1CNCCC1c1ccc[nH]1. The molecule has 0 bridgehead atoms. The van der Waals surface area contributed by atoms with Gasteiger partial charge < -0.3 is 10.3 Å². The number of hydrogen-bond donors (Lipinski definition) is 2. The van der Waals surface area contributed by atoms with Gasteiger partial charge in [-0.1, -0.05) is 13.3 Å². The van der Waals surface area contributed by atoms with E-state index in [2.05, 4.69) is 29.4 Å². The van der Waals surface area contributed by atoms with Crippen LogP contribution in [0.1, 0.15) is 31.4 Å².